The Morgan fingerprint density at radius 1 is 0.851 bits per heavy atom. The van der Waals surface area contributed by atoms with Gasteiger partial charge in [-0.15, -0.1) is 11.8 Å². The van der Waals surface area contributed by atoms with Crippen LogP contribution in [0.5, 0.6) is 17.2 Å². The molecule has 0 fully saturated rings. The third kappa shape index (κ3) is 8.29. The Balaban J connectivity index is 1.32. The SMILES string of the molecule is COc1ccc2nc(NC(=O)C(C)Sc3cccc(NC(=O)/C(=C\c4cccc(OC)c4OC)NC(=O)c4ccccc4)c3)sc2c1. The van der Waals surface area contributed by atoms with Crippen molar-refractivity contribution in [3.05, 3.63) is 108 Å². The summed E-state index contributed by atoms with van der Waals surface area (Å²) in [4.78, 5) is 45.0. The molecule has 47 heavy (non-hydrogen) atoms. The molecule has 1 atom stereocenters. The van der Waals surface area contributed by atoms with E-state index in [-0.39, 0.29) is 11.6 Å². The summed E-state index contributed by atoms with van der Waals surface area (Å²) in [6.07, 6.45) is 1.53. The minimum absolute atomic E-state index is 0.00957. The lowest BCUT2D eigenvalue weighted by Gasteiger charge is -2.15. The summed E-state index contributed by atoms with van der Waals surface area (Å²) in [5.41, 5.74) is 2.16. The Hall–Kier alpha value is -5.33. The summed E-state index contributed by atoms with van der Waals surface area (Å²) >= 11 is 2.70. The van der Waals surface area contributed by atoms with Crippen molar-refractivity contribution in [1.29, 1.82) is 0 Å². The quantitative estimate of drug-likeness (QED) is 0.0973. The standard InChI is InChI=1S/C35H32N4O6S2/c1-21(32(40)39-35-38-27-17-16-25(43-2)20-30(27)47-35)46-26-14-9-13-24(19-26)36-34(42)28(37-33(41)22-10-6-5-7-11-22)18-23-12-8-15-29(44-3)31(23)45-4/h5-21H,1-4H3,(H,36,42)(H,37,41)(H,38,39,40)/b28-18+. The molecule has 0 aliphatic rings. The van der Waals surface area contributed by atoms with Crippen LogP contribution in [-0.2, 0) is 9.59 Å². The Kier molecular flexibility index (Phi) is 10.8. The van der Waals surface area contributed by atoms with Crippen molar-refractivity contribution in [2.24, 2.45) is 0 Å². The first-order chi connectivity index (χ1) is 22.8. The molecule has 12 heteroatoms. The van der Waals surface area contributed by atoms with Gasteiger partial charge in [0, 0.05) is 21.7 Å². The Morgan fingerprint density at radius 3 is 2.38 bits per heavy atom. The number of rotatable bonds is 12. The van der Waals surface area contributed by atoms with E-state index in [2.05, 4.69) is 20.9 Å². The van der Waals surface area contributed by atoms with Crippen LogP contribution in [0.2, 0.25) is 0 Å². The number of fused-ring (bicyclic) bond motifs is 1. The fraction of sp³-hybridized carbons (Fsp3) is 0.143. The van der Waals surface area contributed by atoms with E-state index in [9.17, 15) is 14.4 Å². The van der Waals surface area contributed by atoms with Crippen LogP contribution in [0.4, 0.5) is 10.8 Å². The number of para-hydroxylation sites is 1. The van der Waals surface area contributed by atoms with E-state index in [1.54, 1.807) is 80.8 Å². The number of ether oxygens (including phenoxy) is 3. The van der Waals surface area contributed by atoms with Gasteiger partial charge in [0.1, 0.15) is 11.4 Å². The largest absolute Gasteiger partial charge is 0.497 e. The highest BCUT2D eigenvalue weighted by Crippen LogP contribution is 2.33. The molecule has 0 bridgehead atoms. The molecule has 5 rings (SSSR count). The second-order valence-corrected chi connectivity index (χ2v) is 12.5. The third-order valence-corrected chi connectivity index (χ3v) is 8.89. The monoisotopic (exact) mass is 668 g/mol. The molecule has 240 valence electrons. The minimum atomic E-state index is -0.556. The van der Waals surface area contributed by atoms with Crippen molar-refractivity contribution in [1.82, 2.24) is 10.3 Å². The van der Waals surface area contributed by atoms with Crippen LogP contribution in [0, 0.1) is 0 Å². The van der Waals surface area contributed by atoms with E-state index in [0.29, 0.717) is 33.4 Å². The van der Waals surface area contributed by atoms with Crippen LogP contribution < -0.4 is 30.2 Å². The highest BCUT2D eigenvalue weighted by Gasteiger charge is 2.19. The lowest BCUT2D eigenvalue weighted by molar-refractivity contribution is -0.115. The molecule has 1 aromatic heterocycles. The smallest absolute Gasteiger partial charge is 0.272 e. The average Bonchev–Trinajstić information content (AvgIpc) is 3.49. The molecule has 0 radical (unpaired) electrons. The van der Waals surface area contributed by atoms with E-state index in [0.717, 1.165) is 20.9 Å². The maximum atomic E-state index is 13.6. The predicted octanol–water partition coefficient (Wildman–Crippen LogP) is 6.85. The van der Waals surface area contributed by atoms with Crippen molar-refractivity contribution < 1.29 is 28.6 Å². The highest BCUT2D eigenvalue weighted by molar-refractivity contribution is 8.00. The second kappa shape index (κ2) is 15.3. The fourth-order valence-electron chi connectivity index (χ4n) is 4.52. The van der Waals surface area contributed by atoms with Crippen LogP contribution in [0.25, 0.3) is 16.3 Å². The van der Waals surface area contributed by atoms with Crippen LogP contribution in [-0.4, -0.2) is 49.3 Å². The molecule has 1 unspecified atom stereocenters. The first-order valence-corrected chi connectivity index (χ1v) is 16.1. The Bertz CT molecular complexity index is 1940. The highest BCUT2D eigenvalue weighted by atomic mass is 32.2. The average molecular weight is 669 g/mol. The zero-order chi connectivity index (χ0) is 33.3. The number of aromatic nitrogens is 1. The lowest BCUT2D eigenvalue weighted by Crippen LogP contribution is -2.30. The molecule has 0 saturated heterocycles. The number of thioether (sulfide) groups is 1. The Labute approximate surface area is 280 Å². The summed E-state index contributed by atoms with van der Waals surface area (Å²) in [6.45, 7) is 1.79. The van der Waals surface area contributed by atoms with Gasteiger partial charge in [-0.1, -0.05) is 47.7 Å². The number of thiazole rings is 1. The maximum absolute atomic E-state index is 13.6. The number of carbonyl (C=O) groups excluding carboxylic acids is 3. The summed E-state index contributed by atoms with van der Waals surface area (Å²) in [6, 6.07) is 26.5. The lowest BCUT2D eigenvalue weighted by atomic mass is 10.1. The summed E-state index contributed by atoms with van der Waals surface area (Å²) < 4.78 is 17.1. The van der Waals surface area contributed by atoms with Gasteiger partial charge in [-0.3, -0.25) is 14.4 Å². The normalized spacial score (nSPS) is 11.8. The van der Waals surface area contributed by atoms with Crippen LogP contribution in [0.3, 0.4) is 0 Å². The van der Waals surface area contributed by atoms with Gasteiger partial charge in [-0.2, -0.15) is 0 Å². The van der Waals surface area contributed by atoms with Crippen molar-refractivity contribution in [2.75, 3.05) is 32.0 Å². The molecular weight excluding hydrogens is 637 g/mol. The van der Waals surface area contributed by atoms with Crippen molar-refractivity contribution >= 4 is 67.9 Å². The molecule has 0 spiro atoms. The number of nitrogens with one attached hydrogen (secondary N) is 3. The molecule has 10 nitrogen and oxygen atoms in total. The zero-order valence-electron chi connectivity index (χ0n) is 26.0. The number of hydrogen-bond acceptors (Lipinski definition) is 9. The number of amides is 3. The number of methoxy groups -OCH3 is 3. The molecule has 5 aromatic rings. The van der Waals surface area contributed by atoms with Gasteiger partial charge in [0.25, 0.3) is 11.8 Å². The topological polar surface area (TPSA) is 128 Å². The molecule has 1 heterocycles. The molecule has 3 N–H and O–H groups in total. The van der Waals surface area contributed by atoms with Crippen LogP contribution in [0.1, 0.15) is 22.8 Å². The Morgan fingerprint density at radius 2 is 1.64 bits per heavy atom. The summed E-state index contributed by atoms with van der Waals surface area (Å²) in [5, 5.41) is 8.52. The van der Waals surface area contributed by atoms with Crippen molar-refractivity contribution in [2.45, 2.75) is 17.1 Å². The number of benzene rings is 4. The van der Waals surface area contributed by atoms with E-state index >= 15 is 0 Å². The summed E-state index contributed by atoms with van der Waals surface area (Å²) in [5.74, 6) is 0.379. The molecule has 0 aliphatic heterocycles. The number of nitrogens with zero attached hydrogens (tertiary/aromatic N) is 1. The second-order valence-electron chi connectivity index (χ2n) is 10.0. The van der Waals surface area contributed by atoms with Crippen molar-refractivity contribution in [3.63, 3.8) is 0 Å². The molecular formula is C35H32N4O6S2. The van der Waals surface area contributed by atoms with Gasteiger partial charge in [-0.25, -0.2) is 4.98 Å². The first kappa shape index (κ1) is 33.0. The number of carbonyl (C=O) groups is 3. The van der Waals surface area contributed by atoms with Gasteiger partial charge < -0.3 is 30.2 Å². The third-order valence-electron chi connectivity index (χ3n) is 6.86. The van der Waals surface area contributed by atoms with Gasteiger partial charge in [-0.05, 0) is 67.6 Å². The van der Waals surface area contributed by atoms with Crippen LogP contribution in [0.15, 0.2) is 102 Å². The number of hydrogen-bond donors (Lipinski definition) is 3. The minimum Gasteiger partial charge on any atom is -0.497 e. The number of anilines is 2. The van der Waals surface area contributed by atoms with Crippen molar-refractivity contribution in [3.8, 4) is 17.2 Å². The zero-order valence-corrected chi connectivity index (χ0v) is 27.7. The van der Waals surface area contributed by atoms with E-state index in [1.165, 1.54) is 43.4 Å². The fourth-order valence-corrected chi connectivity index (χ4v) is 6.34. The first-order valence-electron chi connectivity index (χ1n) is 14.4. The van der Waals surface area contributed by atoms with E-state index in [1.807, 2.05) is 24.3 Å². The molecule has 0 saturated carbocycles. The van der Waals surface area contributed by atoms with Crippen LogP contribution >= 0.6 is 23.1 Å². The van der Waals surface area contributed by atoms with E-state index < -0.39 is 17.1 Å². The van der Waals surface area contributed by atoms with E-state index in [4.69, 9.17) is 14.2 Å². The van der Waals surface area contributed by atoms with Gasteiger partial charge in [0.05, 0.1) is 36.8 Å². The van der Waals surface area contributed by atoms with Gasteiger partial charge in [0.15, 0.2) is 16.6 Å². The molecule has 4 aromatic carbocycles. The summed E-state index contributed by atoms with van der Waals surface area (Å²) in [7, 11) is 4.62. The molecule has 0 aliphatic carbocycles. The predicted molar refractivity (Wildman–Crippen MR) is 187 cm³/mol. The maximum Gasteiger partial charge on any atom is 0.272 e. The molecule has 3 amide bonds. The van der Waals surface area contributed by atoms with Gasteiger partial charge in [0.2, 0.25) is 5.91 Å². The van der Waals surface area contributed by atoms with Gasteiger partial charge >= 0.3 is 0 Å².